The van der Waals surface area contributed by atoms with E-state index >= 15 is 0 Å². The lowest BCUT2D eigenvalue weighted by atomic mass is 10.0. The summed E-state index contributed by atoms with van der Waals surface area (Å²) in [5, 5.41) is 8.60. The van der Waals surface area contributed by atoms with Crippen molar-refractivity contribution in [3.8, 4) is 0 Å². The molecule has 0 aromatic heterocycles. The molecule has 2 heteroatoms. The molecule has 0 rings (SSSR count). The van der Waals surface area contributed by atoms with Crippen molar-refractivity contribution in [1.82, 2.24) is 0 Å². The van der Waals surface area contributed by atoms with Crippen LogP contribution in [0.15, 0.2) is 24.3 Å². The first-order chi connectivity index (χ1) is 15.8. The second-order valence-electron chi connectivity index (χ2n) is 9.62. The molecule has 0 aromatic rings. The fraction of sp³-hybridized carbons (Fsp3) is 0.833. The largest absolute Gasteiger partial charge is 0.481 e. The molecule has 0 saturated heterocycles. The van der Waals surface area contributed by atoms with Crippen LogP contribution in [0.1, 0.15) is 161 Å². The first kappa shape index (κ1) is 30.9. The van der Waals surface area contributed by atoms with Crippen molar-refractivity contribution in [2.24, 2.45) is 0 Å². The van der Waals surface area contributed by atoms with Gasteiger partial charge in [0.25, 0.3) is 0 Å². The molecule has 0 aliphatic carbocycles. The minimum absolute atomic E-state index is 0.340. The molecule has 0 aromatic carbocycles. The van der Waals surface area contributed by atoms with E-state index in [1.165, 1.54) is 128 Å². The summed E-state index contributed by atoms with van der Waals surface area (Å²) >= 11 is 0. The predicted molar refractivity (Wildman–Crippen MR) is 142 cm³/mol. The fourth-order valence-corrected chi connectivity index (χ4v) is 4.21. The monoisotopic (exact) mass is 448 g/mol. The van der Waals surface area contributed by atoms with Gasteiger partial charge >= 0.3 is 5.97 Å². The SMILES string of the molecule is CCCCCCCCCC=CCC=CCCCCCCCCCCCCCCCC(=O)O. The van der Waals surface area contributed by atoms with Crippen molar-refractivity contribution in [3.63, 3.8) is 0 Å². The summed E-state index contributed by atoms with van der Waals surface area (Å²) < 4.78 is 0. The van der Waals surface area contributed by atoms with Gasteiger partial charge in [-0.3, -0.25) is 4.79 Å². The third-order valence-electron chi connectivity index (χ3n) is 6.34. The number of hydrogen-bond donors (Lipinski definition) is 1. The topological polar surface area (TPSA) is 37.3 Å². The van der Waals surface area contributed by atoms with Crippen LogP contribution in [0.25, 0.3) is 0 Å². The standard InChI is InChI=1S/C30H56O2/c1-2-3-4-5-6-7-8-9-10-11-12-13-14-15-16-17-18-19-20-21-22-23-24-25-26-27-28-29-30(31)32/h10-11,13-14H,2-9,12,15-29H2,1H3,(H,31,32). The maximum absolute atomic E-state index is 10.4. The normalized spacial score (nSPS) is 11.8. The van der Waals surface area contributed by atoms with E-state index in [4.69, 9.17) is 5.11 Å². The second kappa shape index (κ2) is 28.0. The third kappa shape index (κ3) is 28.9. The molecule has 0 saturated carbocycles. The van der Waals surface area contributed by atoms with Gasteiger partial charge in [-0.25, -0.2) is 0 Å². The summed E-state index contributed by atoms with van der Waals surface area (Å²) in [6, 6.07) is 0. The molecule has 0 bridgehead atoms. The summed E-state index contributed by atoms with van der Waals surface area (Å²) in [6.45, 7) is 2.28. The molecule has 0 spiro atoms. The molecule has 0 fully saturated rings. The lowest BCUT2D eigenvalue weighted by Gasteiger charge is -2.03. The van der Waals surface area contributed by atoms with Gasteiger partial charge in [-0.1, -0.05) is 140 Å². The first-order valence-electron chi connectivity index (χ1n) is 14.3. The van der Waals surface area contributed by atoms with Crippen LogP contribution in [-0.4, -0.2) is 11.1 Å². The molecule has 0 aliphatic heterocycles. The Kier molecular flexibility index (Phi) is 27.1. The van der Waals surface area contributed by atoms with E-state index in [0.29, 0.717) is 6.42 Å². The van der Waals surface area contributed by atoms with Crippen molar-refractivity contribution in [3.05, 3.63) is 24.3 Å². The van der Waals surface area contributed by atoms with Crippen molar-refractivity contribution in [2.45, 2.75) is 161 Å². The van der Waals surface area contributed by atoms with Crippen LogP contribution in [-0.2, 0) is 4.79 Å². The second-order valence-corrected chi connectivity index (χ2v) is 9.62. The smallest absolute Gasteiger partial charge is 0.303 e. The van der Waals surface area contributed by atoms with Crippen molar-refractivity contribution in [2.75, 3.05) is 0 Å². The molecule has 1 N–H and O–H groups in total. The summed E-state index contributed by atoms with van der Waals surface area (Å²) in [6.07, 6.45) is 40.0. The Balaban J connectivity index is 3.14. The zero-order valence-corrected chi connectivity index (χ0v) is 21.6. The van der Waals surface area contributed by atoms with E-state index in [0.717, 1.165) is 19.3 Å². The Morgan fingerprint density at radius 3 is 1.22 bits per heavy atom. The predicted octanol–water partition coefficient (Wildman–Crippen LogP) is 10.6. The van der Waals surface area contributed by atoms with Gasteiger partial charge in [-0.05, 0) is 38.5 Å². The molecular formula is C30H56O2. The van der Waals surface area contributed by atoms with Gasteiger partial charge in [0, 0.05) is 6.42 Å². The number of carbonyl (C=O) groups is 1. The summed E-state index contributed by atoms with van der Waals surface area (Å²) in [7, 11) is 0. The molecule has 0 unspecified atom stereocenters. The number of aliphatic carboxylic acids is 1. The highest BCUT2D eigenvalue weighted by Crippen LogP contribution is 2.13. The number of rotatable bonds is 26. The Hall–Kier alpha value is -1.05. The van der Waals surface area contributed by atoms with Crippen molar-refractivity contribution >= 4 is 5.97 Å². The zero-order chi connectivity index (χ0) is 23.4. The Labute approximate surface area is 201 Å². The van der Waals surface area contributed by atoms with Crippen LogP contribution in [0, 0.1) is 0 Å². The van der Waals surface area contributed by atoms with Gasteiger partial charge in [0.1, 0.15) is 0 Å². The summed E-state index contributed by atoms with van der Waals surface area (Å²) in [5.41, 5.74) is 0. The average molecular weight is 449 g/mol. The highest BCUT2D eigenvalue weighted by molar-refractivity contribution is 5.66. The number of carboxylic acid groups (broad SMARTS) is 1. The number of hydrogen-bond acceptors (Lipinski definition) is 1. The van der Waals surface area contributed by atoms with Crippen LogP contribution in [0.4, 0.5) is 0 Å². The van der Waals surface area contributed by atoms with Gasteiger partial charge < -0.3 is 5.11 Å². The Morgan fingerprint density at radius 2 is 0.844 bits per heavy atom. The first-order valence-corrected chi connectivity index (χ1v) is 14.3. The van der Waals surface area contributed by atoms with E-state index in [-0.39, 0.29) is 0 Å². The summed E-state index contributed by atoms with van der Waals surface area (Å²) in [4.78, 5) is 10.4. The lowest BCUT2D eigenvalue weighted by Crippen LogP contribution is -1.93. The molecule has 0 atom stereocenters. The maximum atomic E-state index is 10.4. The van der Waals surface area contributed by atoms with Gasteiger partial charge in [0.15, 0.2) is 0 Å². The van der Waals surface area contributed by atoms with Crippen LogP contribution in [0.3, 0.4) is 0 Å². The number of carboxylic acids is 1. The molecule has 0 aliphatic rings. The molecule has 2 nitrogen and oxygen atoms in total. The van der Waals surface area contributed by atoms with E-state index in [1.54, 1.807) is 0 Å². The van der Waals surface area contributed by atoms with Crippen molar-refractivity contribution in [1.29, 1.82) is 0 Å². The minimum Gasteiger partial charge on any atom is -0.481 e. The molecule has 188 valence electrons. The highest BCUT2D eigenvalue weighted by atomic mass is 16.4. The molecule has 0 heterocycles. The van der Waals surface area contributed by atoms with Gasteiger partial charge in [-0.2, -0.15) is 0 Å². The van der Waals surface area contributed by atoms with Crippen LogP contribution < -0.4 is 0 Å². The van der Waals surface area contributed by atoms with Crippen LogP contribution >= 0.6 is 0 Å². The molecule has 0 radical (unpaired) electrons. The van der Waals surface area contributed by atoms with Crippen LogP contribution in [0.2, 0.25) is 0 Å². The van der Waals surface area contributed by atoms with E-state index in [2.05, 4.69) is 31.2 Å². The minimum atomic E-state index is -0.654. The number of allylic oxidation sites excluding steroid dienone is 4. The van der Waals surface area contributed by atoms with E-state index in [1.807, 2.05) is 0 Å². The Bertz CT molecular complexity index is 425. The van der Waals surface area contributed by atoms with Crippen LogP contribution in [0.5, 0.6) is 0 Å². The lowest BCUT2D eigenvalue weighted by molar-refractivity contribution is -0.137. The van der Waals surface area contributed by atoms with Gasteiger partial charge in [0.2, 0.25) is 0 Å². The fourth-order valence-electron chi connectivity index (χ4n) is 4.21. The quantitative estimate of drug-likeness (QED) is 0.105. The van der Waals surface area contributed by atoms with E-state index < -0.39 is 5.97 Å². The molecule has 0 amide bonds. The average Bonchev–Trinajstić information content (AvgIpc) is 2.78. The van der Waals surface area contributed by atoms with E-state index in [9.17, 15) is 4.79 Å². The van der Waals surface area contributed by atoms with Gasteiger partial charge in [0.05, 0.1) is 0 Å². The van der Waals surface area contributed by atoms with Gasteiger partial charge in [-0.15, -0.1) is 0 Å². The molecule has 32 heavy (non-hydrogen) atoms. The highest BCUT2D eigenvalue weighted by Gasteiger charge is 1.97. The van der Waals surface area contributed by atoms with Crippen molar-refractivity contribution < 1.29 is 9.90 Å². The summed E-state index contributed by atoms with van der Waals surface area (Å²) in [5.74, 6) is -0.654. The third-order valence-corrected chi connectivity index (χ3v) is 6.34. The number of unbranched alkanes of at least 4 members (excludes halogenated alkanes) is 20. The maximum Gasteiger partial charge on any atom is 0.303 e. The Morgan fingerprint density at radius 1 is 0.500 bits per heavy atom. The zero-order valence-electron chi connectivity index (χ0n) is 21.6. The molecular weight excluding hydrogens is 392 g/mol.